The number of anilines is 1. The minimum absolute atomic E-state index is 0.603. The molecule has 0 bridgehead atoms. The fourth-order valence-electron chi connectivity index (χ4n) is 3.18. The fourth-order valence-corrected chi connectivity index (χ4v) is 3.37. The summed E-state index contributed by atoms with van der Waals surface area (Å²) in [6.45, 7) is 1.50. The number of pyridine rings is 1. The summed E-state index contributed by atoms with van der Waals surface area (Å²) >= 11 is 5.98. The van der Waals surface area contributed by atoms with Crippen LogP contribution in [0.25, 0.3) is 5.65 Å². The molecule has 0 saturated carbocycles. The standard InChI is InChI=1S/C20H18ClN3O/c21-17-4-1-3-16(15-17)7-8-20(25)9-12-23(13-10-20)19-6-2-5-18-22-11-14-24(18)19/h1-6,11,14-15,25H,9-10,12-13H2. The van der Waals surface area contributed by atoms with Crippen molar-refractivity contribution in [3.05, 3.63) is 65.4 Å². The largest absolute Gasteiger partial charge is 0.377 e. The number of nitrogens with zero attached hydrogens (tertiary/aromatic N) is 3. The van der Waals surface area contributed by atoms with E-state index in [1.807, 2.05) is 42.6 Å². The molecule has 1 saturated heterocycles. The van der Waals surface area contributed by atoms with E-state index in [4.69, 9.17) is 11.6 Å². The second-order valence-electron chi connectivity index (χ2n) is 6.32. The van der Waals surface area contributed by atoms with Gasteiger partial charge in [-0.25, -0.2) is 4.98 Å². The molecule has 4 nitrogen and oxygen atoms in total. The van der Waals surface area contributed by atoms with Gasteiger partial charge in [-0.1, -0.05) is 35.6 Å². The van der Waals surface area contributed by atoms with Gasteiger partial charge < -0.3 is 10.0 Å². The van der Waals surface area contributed by atoms with E-state index in [0.29, 0.717) is 17.9 Å². The van der Waals surface area contributed by atoms with Gasteiger partial charge in [0.05, 0.1) is 0 Å². The molecule has 0 amide bonds. The maximum Gasteiger partial charge on any atom is 0.138 e. The van der Waals surface area contributed by atoms with Crippen molar-refractivity contribution in [1.82, 2.24) is 9.38 Å². The lowest BCUT2D eigenvalue weighted by Gasteiger charge is -2.36. The number of piperidine rings is 1. The third-order valence-corrected chi connectivity index (χ3v) is 4.82. The molecule has 1 fully saturated rings. The summed E-state index contributed by atoms with van der Waals surface area (Å²) in [5, 5.41) is 11.4. The van der Waals surface area contributed by atoms with Crippen molar-refractivity contribution in [3.63, 3.8) is 0 Å². The van der Waals surface area contributed by atoms with E-state index in [1.165, 1.54) is 0 Å². The molecule has 4 rings (SSSR count). The first-order chi connectivity index (χ1) is 12.1. The number of hydrogen-bond acceptors (Lipinski definition) is 3. The molecule has 0 unspecified atom stereocenters. The lowest BCUT2D eigenvalue weighted by atomic mass is 9.91. The van der Waals surface area contributed by atoms with Gasteiger partial charge >= 0.3 is 0 Å². The number of fused-ring (bicyclic) bond motifs is 1. The lowest BCUT2D eigenvalue weighted by Crippen LogP contribution is -2.44. The zero-order chi connectivity index (χ0) is 17.3. The van der Waals surface area contributed by atoms with Gasteiger partial charge in [-0.3, -0.25) is 4.40 Å². The second-order valence-corrected chi connectivity index (χ2v) is 6.75. The van der Waals surface area contributed by atoms with Crippen molar-refractivity contribution in [2.75, 3.05) is 18.0 Å². The van der Waals surface area contributed by atoms with Crippen molar-refractivity contribution in [2.24, 2.45) is 0 Å². The maximum atomic E-state index is 10.8. The molecular formula is C20H18ClN3O. The third-order valence-electron chi connectivity index (χ3n) is 4.59. The smallest absolute Gasteiger partial charge is 0.138 e. The van der Waals surface area contributed by atoms with Gasteiger partial charge in [0.1, 0.15) is 17.1 Å². The van der Waals surface area contributed by atoms with Crippen LogP contribution in [0, 0.1) is 11.8 Å². The highest BCUT2D eigenvalue weighted by molar-refractivity contribution is 6.30. The topological polar surface area (TPSA) is 40.8 Å². The molecule has 1 aromatic carbocycles. The molecular weight excluding hydrogens is 334 g/mol. The van der Waals surface area contributed by atoms with E-state index in [0.717, 1.165) is 30.1 Å². The first kappa shape index (κ1) is 16.0. The van der Waals surface area contributed by atoms with Crippen molar-refractivity contribution in [2.45, 2.75) is 18.4 Å². The molecule has 3 heterocycles. The van der Waals surface area contributed by atoms with Crippen molar-refractivity contribution < 1.29 is 5.11 Å². The first-order valence-electron chi connectivity index (χ1n) is 8.31. The Hall–Kier alpha value is -2.48. The molecule has 0 atom stereocenters. The van der Waals surface area contributed by atoms with Crippen LogP contribution < -0.4 is 4.90 Å². The van der Waals surface area contributed by atoms with Gasteiger partial charge in [-0.15, -0.1) is 0 Å². The van der Waals surface area contributed by atoms with Gasteiger partial charge in [0, 0.05) is 48.9 Å². The highest BCUT2D eigenvalue weighted by Gasteiger charge is 2.31. The van der Waals surface area contributed by atoms with Gasteiger partial charge in [0.25, 0.3) is 0 Å². The SMILES string of the molecule is OC1(C#Cc2cccc(Cl)c2)CCN(c2cccc3nccn23)CC1. The summed E-state index contributed by atoms with van der Waals surface area (Å²) in [7, 11) is 0. The Morgan fingerprint density at radius 1 is 1.12 bits per heavy atom. The van der Waals surface area contributed by atoms with Crippen molar-refractivity contribution in [3.8, 4) is 11.8 Å². The van der Waals surface area contributed by atoms with E-state index in [-0.39, 0.29) is 0 Å². The summed E-state index contributed by atoms with van der Waals surface area (Å²) in [5.74, 6) is 7.20. The Bertz CT molecular complexity index is 961. The monoisotopic (exact) mass is 351 g/mol. The molecule has 3 aromatic rings. The van der Waals surface area contributed by atoms with Crippen molar-refractivity contribution >= 4 is 23.1 Å². The minimum atomic E-state index is -0.957. The quantitative estimate of drug-likeness (QED) is 0.683. The molecule has 126 valence electrons. The summed E-state index contributed by atoms with van der Waals surface area (Å²) < 4.78 is 2.07. The third kappa shape index (κ3) is 3.34. The van der Waals surface area contributed by atoms with Gasteiger partial charge in [0.15, 0.2) is 0 Å². The average molecular weight is 352 g/mol. The van der Waals surface area contributed by atoms with Crippen LogP contribution in [0.5, 0.6) is 0 Å². The van der Waals surface area contributed by atoms with Crippen molar-refractivity contribution in [1.29, 1.82) is 0 Å². The molecule has 0 aliphatic carbocycles. The van der Waals surface area contributed by atoms with Crippen LogP contribution in [0.15, 0.2) is 54.9 Å². The van der Waals surface area contributed by atoms with Crippen LogP contribution in [0.3, 0.4) is 0 Å². The van der Waals surface area contributed by atoms with Crippen LogP contribution in [0.1, 0.15) is 18.4 Å². The Kier molecular flexibility index (Phi) is 4.12. The Morgan fingerprint density at radius 2 is 1.92 bits per heavy atom. The number of rotatable bonds is 1. The Balaban J connectivity index is 1.50. The number of halogens is 1. The summed E-state index contributed by atoms with van der Waals surface area (Å²) in [6.07, 6.45) is 4.97. The second kappa shape index (κ2) is 6.44. The number of aromatic nitrogens is 2. The Labute approximate surface area is 151 Å². The maximum absolute atomic E-state index is 10.8. The van der Waals surface area contributed by atoms with Crippen LogP contribution in [0.4, 0.5) is 5.82 Å². The molecule has 25 heavy (non-hydrogen) atoms. The molecule has 1 aliphatic rings. The zero-order valence-corrected chi connectivity index (χ0v) is 14.4. The summed E-state index contributed by atoms with van der Waals surface area (Å²) in [5.41, 5.74) is 0.799. The lowest BCUT2D eigenvalue weighted by molar-refractivity contribution is 0.0744. The van der Waals surface area contributed by atoms with E-state index in [2.05, 4.69) is 32.2 Å². The highest BCUT2D eigenvalue weighted by Crippen LogP contribution is 2.26. The molecule has 0 radical (unpaired) electrons. The van der Waals surface area contributed by atoms with Gasteiger partial charge in [0.2, 0.25) is 0 Å². The van der Waals surface area contributed by atoms with E-state index in [1.54, 1.807) is 6.20 Å². The fraction of sp³-hybridized carbons (Fsp3) is 0.250. The van der Waals surface area contributed by atoms with E-state index in [9.17, 15) is 5.11 Å². The number of benzene rings is 1. The summed E-state index contributed by atoms with van der Waals surface area (Å²) in [6, 6.07) is 13.5. The molecule has 1 aliphatic heterocycles. The average Bonchev–Trinajstić information content (AvgIpc) is 3.10. The van der Waals surface area contributed by atoms with Crippen LogP contribution in [-0.4, -0.2) is 33.2 Å². The van der Waals surface area contributed by atoms with Gasteiger partial charge in [-0.05, 0) is 30.3 Å². The van der Waals surface area contributed by atoms with Gasteiger partial charge in [-0.2, -0.15) is 0 Å². The molecule has 5 heteroatoms. The van der Waals surface area contributed by atoms with E-state index < -0.39 is 5.60 Å². The number of hydrogen-bond donors (Lipinski definition) is 1. The van der Waals surface area contributed by atoms with Crippen LogP contribution in [-0.2, 0) is 0 Å². The first-order valence-corrected chi connectivity index (χ1v) is 8.69. The number of imidazole rings is 1. The normalized spacial score (nSPS) is 16.5. The molecule has 2 aromatic heterocycles. The zero-order valence-electron chi connectivity index (χ0n) is 13.7. The van der Waals surface area contributed by atoms with Crippen LogP contribution >= 0.6 is 11.6 Å². The summed E-state index contributed by atoms with van der Waals surface area (Å²) in [4.78, 5) is 6.59. The highest BCUT2D eigenvalue weighted by atomic mass is 35.5. The predicted octanol–water partition coefficient (Wildman–Crippen LogP) is 3.37. The predicted molar refractivity (Wildman–Crippen MR) is 99.9 cm³/mol. The minimum Gasteiger partial charge on any atom is -0.377 e. The number of aliphatic hydroxyl groups is 1. The van der Waals surface area contributed by atoms with E-state index >= 15 is 0 Å². The van der Waals surface area contributed by atoms with Crippen LogP contribution in [0.2, 0.25) is 5.02 Å². The Morgan fingerprint density at radius 3 is 2.72 bits per heavy atom. The molecule has 0 spiro atoms. The molecule has 1 N–H and O–H groups in total.